The molecule has 0 bridgehead atoms. The number of aromatic nitrogens is 3. The van der Waals surface area contributed by atoms with E-state index in [1.54, 1.807) is 80.2 Å². The van der Waals surface area contributed by atoms with Crippen molar-refractivity contribution in [3.05, 3.63) is 95.4 Å². The lowest BCUT2D eigenvalue weighted by Crippen LogP contribution is -2.25. The second kappa shape index (κ2) is 12.0. The van der Waals surface area contributed by atoms with Gasteiger partial charge in [-0.3, -0.25) is 4.79 Å². The van der Waals surface area contributed by atoms with Crippen LogP contribution in [0.4, 0.5) is 27.5 Å². The normalized spacial score (nSPS) is 11.5. The van der Waals surface area contributed by atoms with Gasteiger partial charge >= 0.3 is 0 Å². The number of anilines is 4. The summed E-state index contributed by atoms with van der Waals surface area (Å²) in [6, 6.07) is 18.2. The Morgan fingerprint density at radius 1 is 1.00 bits per heavy atom. The zero-order valence-corrected chi connectivity index (χ0v) is 23.9. The molecule has 12 heteroatoms. The predicted octanol–water partition coefficient (Wildman–Crippen LogP) is 5.87. The van der Waals surface area contributed by atoms with Crippen LogP contribution in [0.5, 0.6) is 0 Å². The average Bonchev–Trinajstić information content (AvgIpc) is 3.43. The van der Waals surface area contributed by atoms with Gasteiger partial charge in [0.2, 0.25) is 5.95 Å². The maximum atomic E-state index is 13.2. The van der Waals surface area contributed by atoms with Crippen LogP contribution in [0.2, 0.25) is 0 Å². The molecule has 0 spiro atoms. The van der Waals surface area contributed by atoms with Gasteiger partial charge in [0.05, 0.1) is 26.7 Å². The molecule has 0 unspecified atom stereocenters. The highest BCUT2D eigenvalue weighted by molar-refractivity contribution is 7.92. The van der Waals surface area contributed by atoms with Crippen LogP contribution >= 0.6 is 11.3 Å². The molecular formula is C29H27FN6O3S2. The number of nitrogens with one attached hydrogen (secondary N) is 3. The van der Waals surface area contributed by atoms with Crippen LogP contribution in [0.25, 0.3) is 10.2 Å². The fourth-order valence-corrected chi connectivity index (χ4v) is 6.57. The van der Waals surface area contributed by atoms with Crippen molar-refractivity contribution in [2.24, 2.45) is 0 Å². The highest BCUT2D eigenvalue weighted by Gasteiger charge is 2.27. The van der Waals surface area contributed by atoms with E-state index in [-0.39, 0.29) is 22.6 Å². The second-order valence-electron chi connectivity index (χ2n) is 9.47. The summed E-state index contributed by atoms with van der Waals surface area (Å²) < 4.78 is 40.2. The lowest BCUT2D eigenvalue weighted by atomic mass is 10.1. The number of amides is 1. The topological polar surface area (TPSA) is 126 Å². The van der Waals surface area contributed by atoms with Gasteiger partial charge in [-0.1, -0.05) is 18.2 Å². The van der Waals surface area contributed by atoms with Gasteiger partial charge in [-0.05, 0) is 74.4 Å². The number of halogens is 1. The molecule has 5 rings (SSSR count). The third-order valence-corrected chi connectivity index (χ3v) is 9.49. The number of fused-ring (bicyclic) bond motifs is 1. The number of sulfone groups is 1. The van der Waals surface area contributed by atoms with E-state index in [9.17, 15) is 17.6 Å². The van der Waals surface area contributed by atoms with Crippen molar-refractivity contribution in [2.75, 3.05) is 17.2 Å². The fraction of sp³-hybridized carbons (Fsp3) is 0.172. The Balaban J connectivity index is 1.30. The van der Waals surface area contributed by atoms with Crippen LogP contribution in [-0.2, 0) is 16.3 Å². The number of thiazole rings is 1. The molecular weight excluding hydrogens is 563 g/mol. The number of nitrogens with zero attached hydrogens (tertiary/aromatic N) is 3. The van der Waals surface area contributed by atoms with Gasteiger partial charge in [-0.2, -0.15) is 4.98 Å². The van der Waals surface area contributed by atoms with E-state index in [2.05, 4.69) is 30.9 Å². The Labute approximate surface area is 240 Å². The average molecular weight is 591 g/mol. The summed E-state index contributed by atoms with van der Waals surface area (Å²) in [6.45, 7) is 3.69. The van der Waals surface area contributed by atoms with Crippen LogP contribution in [-0.4, -0.2) is 41.1 Å². The van der Waals surface area contributed by atoms with Crippen molar-refractivity contribution in [1.29, 1.82) is 0 Å². The molecule has 2 aromatic heterocycles. The first-order chi connectivity index (χ1) is 19.7. The first kappa shape index (κ1) is 28.1. The highest BCUT2D eigenvalue weighted by atomic mass is 32.2. The molecule has 41 heavy (non-hydrogen) atoms. The number of hydrogen-bond donors (Lipinski definition) is 3. The molecule has 9 nitrogen and oxygen atoms in total. The monoisotopic (exact) mass is 590 g/mol. The molecule has 0 aliphatic heterocycles. The van der Waals surface area contributed by atoms with E-state index in [0.717, 1.165) is 5.56 Å². The van der Waals surface area contributed by atoms with E-state index < -0.39 is 15.1 Å². The van der Waals surface area contributed by atoms with Crippen LogP contribution in [0.15, 0.2) is 83.3 Å². The third-order valence-electron chi connectivity index (χ3n) is 6.27. The molecule has 3 N–H and O–H groups in total. The Morgan fingerprint density at radius 2 is 1.80 bits per heavy atom. The van der Waals surface area contributed by atoms with Gasteiger partial charge in [0, 0.05) is 24.0 Å². The molecule has 0 fully saturated rings. The van der Waals surface area contributed by atoms with Crippen molar-refractivity contribution in [3.63, 3.8) is 0 Å². The molecule has 0 radical (unpaired) electrons. The molecule has 1 amide bonds. The van der Waals surface area contributed by atoms with Crippen LogP contribution in [0, 0.1) is 5.82 Å². The van der Waals surface area contributed by atoms with E-state index in [4.69, 9.17) is 0 Å². The van der Waals surface area contributed by atoms with Crippen LogP contribution in [0.1, 0.15) is 29.8 Å². The highest BCUT2D eigenvalue weighted by Crippen LogP contribution is 2.36. The standard InChI is InChI=1S/C29H27FN6O3S2/c1-18(2)41(38,39)27-24(11-10-23-26(27)40-17-33-23)35-25-13-15-32-29(36-25)34-22-5-3-4-20(16-22)28(37)31-14-12-19-6-8-21(30)9-7-19/h3-11,13,15-18H,12,14H2,1-2H3,(H,31,37)(H2,32,34,35,36). The smallest absolute Gasteiger partial charge is 0.251 e. The van der Waals surface area contributed by atoms with E-state index in [1.807, 2.05) is 0 Å². The molecule has 0 aliphatic carbocycles. The van der Waals surface area contributed by atoms with Crippen LogP contribution < -0.4 is 16.0 Å². The van der Waals surface area contributed by atoms with Crippen molar-refractivity contribution < 1.29 is 17.6 Å². The summed E-state index contributed by atoms with van der Waals surface area (Å²) in [5, 5.41) is 8.48. The second-order valence-corrected chi connectivity index (χ2v) is 12.8. The van der Waals surface area contributed by atoms with Crippen molar-refractivity contribution in [2.45, 2.75) is 30.4 Å². The van der Waals surface area contributed by atoms with Gasteiger partial charge in [0.15, 0.2) is 9.84 Å². The molecule has 0 atom stereocenters. The predicted molar refractivity (Wildman–Crippen MR) is 159 cm³/mol. The zero-order chi connectivity index (χ0) is 29.0. The van der Waals surface area contributed by atoms with Crippen molar-refractivity contribution in [1.82, 2.24) is 20.3 Å². The Bertz CT molecular complexity index is 1810. The number of rotatable bonds is 10. The summed E-state index contributed by atoms with van der Waals surface area (Å²) in [5.74, 6) is 0.107. The lowest BCUT2D eigenvalue weighted by molar-refractivity contribution is 0.0954. The first-order valence-corrected chi connectivity index (χ1v) is 15.2. The van der Waals surface area contributed by atoms with Crippen LogP contribution in [0.3, 0.4) is 0 Å². The SMILES string of the molecule is CC(C)S(=O)(=O)c1c(Nc2ccnc(Nc3cccc(C(=O)NCCc4ccc(F)cc4)c3)n2)ccc2ncsc12. The Kier molecular flexibility index (Phi) is 8.22. The van der Waals surface area contributed by atoms with Crippen molar-refractivity contribution >= 4 is 60.4 Å². The van der Waals surface area contributed by atoms with Gasteiger partial charge in [0.1, 0.15) is 16.5 Å². The maximum Gasteiger partial charge on any atom is 0.251 e. The number of carbonyl (C=O) groups is 1. The third kappa shape index (κ3) is 6.50. The van der Waals surface area contributed by atoms with Gasteiger partial charge in [-0.15, -0.1) is 11.3 Å². The number of benzene rings is 3. The summed E-state index contributed by atoms with van der Waals surface area (Å²) in [6.07, 6.45) is 2.12. The van der Waals surface area contributed by atoms with E-state index in [1.165, 1.54) is 23.5 Å². The number of carbonyl (C=O) groups excluding carboxylic acids is 1. The van der Waals surface area contributed by atoms with E-state index in [0.29, 0.717) is 45.9 Å². The van der Waals surface area contributed by atoms with Crippen molar-refractivity contribution in [3.8, 4) is 0 Å². The zero-order valence-electron chi connectivity index (χ0n) is 22.3. The summed E-state index contributed by atoms with van der Waals surface area (Å²) in [7, 11) is -3.62. The minimum absolute atomic E-state index is 0.193. The Hall–Kier alpha value is -4.42. The molecule has 2 heterocycles. The number of hydrogen-bond acceptors (Lipinski definition) is 9. The molecule has 210 valence electrons. The lowest BCUT2D eigenvalue weighted by Gasteiger charge is -2.15. The molecule has 0 saturated carbocycles. The molecule has 0 saturated heterocycles. The van der Waals surface area contributed by atoms with Gasteiger partial charge < -0.3 is 16.0 Å². The largest absolute Gasteiger partial charge is 0.352 e. The summed E-state index contributed by atoms with van der Waals surface area (Å²) in [5.41, 5.74) is 4.62. The fourth-order valence-electron chi connectivity index (χ4n) is 4.09. The molecule has 3 aromatic carbocycles. The first-order valence-electron chi connectivity index (χ1n) is 12.8. The minimum Gasteiger partial charge on any atom is -0.352 e. The summed E-state index contributed by atoms with van der Waals surface area (Å²) >= 11 is 1.27. The maximum absolute atomic E-state index is 13.2. The Morgan fingerprint density at radius 3 is 2.59 bits per heavy atom. The molecule has 0 aliphatic rings. The quantitative estimate of drug-likeness (QED) is 0.185. The van der Waals surface area contributed by atoms with Gasteiger partial charge in [-0.25, -0.2) is 22.8 Å². The molecule has 5 aromatic rings. The summed E-state index contributed by atoms with van der Waals surface area (Å²) in [4.78, 5) is 25.9. The van der Waals surface area contributed by atoms with Gasteiger partial charge in [0.25, 0.3) is 5.91 Å². The van der Waals surface area contributed by atoms with E-state index >= 15 is 0 Å². The minimum atomic E-state index is -3.62.